The molecule has 1 fully saturated rings. The molecule has 1 saturated carbocycles. The molecule has 0 radical (unpaired) electrons. The lowest BCUT2D eigenvalue weighted by Crippen LogP contribution is -2.09. The summed E-state index contributed by atoms with van der Waals surface area (Å²) in [6.07, 6.45) is 3.44. The Bertz CT molecular complexity index is 284. The van der Waals surface area contributed by atoms with Gasteiger partial charge in [-0.25, -0.2) is 0 Å². The van der Waals surface area contributed by atoms with Gasteiger partial charge in [0, 0.05) is 5.41 Å². The Hall–Kier alpha value is -0.760. The summed E-state index contributed by atoms with van der Waals surface area (Å²) < 4.78 is 5.24. The summed E-state index contributed by atoms with van der Waals surface area (Å²) in [4.78, 5) is 0. The SMILES string of the molecule is Cc1ccoc1C(O)C1(C)CC1. The molecule has 66 valence electrons. The number of furan rings is 1. The van der Waals surface area contributed by atoms with Crippen molar-refractivity contribution in [2.45, 2.75) is 32.8 Å². The molecule has 1 aliphatic rings. The molecule has 2 rings (SSSR count). The quantitative estimate of drug-likeness (QED) is 0.732. The van der Waals surface area contributed by atoms with Crippen molar-refractivity contribution in [3.05, 3.63) is 23.7 Å². The lowest BCUT2D eigenvalue weighted by Gasteiger charge is -2.15. The van der Waals surface area contributed by atoms with Crippen molar-refractivity contribution in [2.24, 2.45) is 5.41 Å². The molecule has 1 aromatic rings. The van der Waals surface area contributed by atoms with Crippen LogP contribution in [0.25, 0.3) is 0 Å². The highest BCUT2D eigenvalue weighted by atomic mass is 16.4. The van der Waals surface area contributed by atoms with Crippen LogP contribution < -0.4 is 0 Å². The van der Waals surface area contributed by atoms with Gasteiger partial charge in [-0.05, 0) is 31.4 Å². The fourth-order valence-corrected chi connectivity index (χ4v) is 1.45. The van der Waals surface area contributed by atoms with E-state index in [1.165, 1.54) is 0 Å². The number of hydrogen-bond donors (Lipinski definition) is 1. The van der Waals surface area contributed by atoms with Crippen molar-refractivity contribution in [3.8, 4) is 0 Å². The minimum absolute atomic E-state index is 0.0859. The van der Waals surface area contributed by atoms with Crippen LogP contribution in [0.4, 0.5) is 0 Å². The highest BCUT2D eigenvalue weighted by Crippen LogP contribution is 2.54. The summed E-state index contributed by atoms with van der Waals surface area (Å²) in [5.74, 6) is 0.745. The summed E-state index contributed by atoms with van der Waals surface area (Å²) in [6.45, 7) is 4.06. The Kier molecular flexibility index (Phi) is 1.55. The van der Waals surface area contributed by atoms with Crippen molar-refractivity contribution >= 4 is 0 Å². The third kappa shape index (κ3) is 1.07. The first-order valence-corrected chi connectivity index (χ1v) is 4.35. The Morgan fingerprint density at radius 2 is 2.25 bits per heavy atom. The van der Waals surface area contributed by atoms with Crippen molar-refractivity contribution in [3.63, 3.8) is 0 Å². The lowest BCUT2D eigenvalue weighted by atomic mass is 9.98. The van der Waals surface area contributed by atoms with E-state index in [9.17, 15) is 5.11 Å². The van der Waals surface area contributed by atoms with Crippen LogP contribution in [0.2, 0.25) is 0 Å². The predicted molar refractivity (Wildman–Crippen MR) is 45.7 cm³/mol. The number of aliphatic hydroxyl groups is 1. The van der Waals surface area contributed by atoms with Crippen LogP contribution in [0.1, 0.15) is 37.2 Å². The van der Waals surface area contributed by atoms with Gasteiger partial charge in [0.2, 0.25) is 0 Å². The monoisotopic (exact) mass is 166 g/mol. The fraction of sp³-hybridized carbons (Fsp3) is 0.600. The molecule has 1 heterocycles. The fourth-order valence-electron chi connectivity index (χ4n) is 1.45. The molecule has 0 aromatic carbocycles. The lowest BCUT2D eigenvalue weighted by molar-refractivity contribution is 0.0802. The summed E-state index contributed by atoms with van der Waals surface area (Å²) in [6, 6.07) is 1.89. The molecule has 0 aliphatic heterocycles. The van der Waals surface area contributed by atoms with Crippen LogP contribution in [0.15, 0.2) is 16.7 Å². The minimum Gasteiger partial charge on any atom is -0.466 e. The van der Waals surface area contributed by atoms with Crippen LogP contribution in [0.3, 0.4) is 0 Å². The third-order valence-electron chi connectivity index (χ3n) is 2.85. The molecule has 0 spiro atoms. The van der Waals surface area contributed by atoms with Gasteiger partial charge >= 0.3 is 0 Å². The van der Waals surface area contributed by atoms with E-state index < -0.39 is 6.10 Å². The number of aliphatic hydroxyl groups excluding tert-OH is 1. The third-order valence-corrected chi connectivity index (χ3v) is 2.85. The zero-order valence-corrected chi connectivity index (χ0v) is 7.50. The van der Waals surface area contributed by atoms with Crippen LogP contribution >= 0.6 is 0 Å². The molecule has 1 aliphatic carbocycles. The van der Waals surface area contributed by atoms with Crippen LogP contribution in [-0.4, -0.2) is 5.11 Å². The van der Waals surface area contributed by atoms with E-state index in [-0.39, 0.29) is 5.41 Å². The first-order chi connectivity index (χ1) is 5.63. The summed E-state index contributed by atoms with van der Waals surface area (Å²) in [5, 5.41) is 9.90. The molecular weight excluding hydrogens is 152 g/mol. The molecule has 0 saturated heterocycles. The van der Waals surface area contributed by atoms with Crippen LogP contribution in [-0.2, 0) is 0 Å². The van der Waals surface area contributed by atoms with Gasteiger partial charge in [0.1, 0.15) is 11.9 Å². The van der Waals surface area contributed by atoms with E-state index in [0.29, 0.717) is 0 Å². The number of rotatable bonds is 2. The highest BCUT2D eigenvalue weighted by molar-refractivity contribution is 5.20. The number of hydrogen-bond acceptors (Lipinski definition) is 2. The average Bonchev–Trinajstić information content (AvgIpc) is 2.63. The molecule has 2 heteroatoms. The Morgan fingerprint density at radius 1 is 1.58 bits per heavy atom. The second-order valence-electron chi connectivity index (χ2n) is 4.02. The van der Waals surface area contributed by atoms with Gasteiger partial charge in [-0.3, -0.25) is 0 Å². The van der Waals surface area contributed by atoms with Crippen molar-refractivity contribution in [1.82, 2.24) is 0 Å². The van der Waals surface area contributed by atoms with Gasteiger partial charge in [-0.15, -0.1) is 0 Å². The van der Waals surface area contributed by atoms with Gasteiger partial charge in [-0.1, -0.05) is 6.92 Å². The zero-order chi connectivity index (χ0) is 8.77. The molecule has 1 N–H and O–H groups in total. The van der Waals surface area contributed by atoms with E-state index >= 15 is 0 Å². The van der Waals surface area contributed by atoms with E-state index in [1.807, 2.05) is 13.0 Å². The van der Waals surface area contributed by atoms with E-state index in [1.54, 1.807) is 6.26 Å². The van der Waals surface area contributed by atoms with Gasteiger partial charge in [0.25, 0.3) is 0 Å². The first kappa shape index (κ1) is 7.87. The zero-order valence-electron chi connectivity index (χ0n) is 7.50. The summed E-state index contributed by atoms with van der Waals surface area (Å²) >= 11 is 0. The Balaban J connectivity index is 2.25. The summed E-state index contributed by atoms with van der Waals surface area (Å²) in [7, 11) is 0. The van der Waals surface area contributed by atoms with E-state index in [2.05, 4.69) is 6.92 Å². The van der Waals surface area contributed by atoms with E-state index in [4.69, 9.17) is 4.42 Å². The highest BCUT2D eigenvalue weighted by Gasteiger charge is 2.46. The first-order valence-electron chi connectivity index (χ1n) is 4.35. The van der Waals surface area contributed by atoms with Crippen LogP contribution in [0.5, 0.6) is 0 Å². The molecule has 12 heavy (non-hydrogen) atoms. The molecule has 1 unspecified atom stereocenters. The maximum absolute atomic E-state index is 9.90. The molecule has 0 amide bonds. The predicted octanol–water partition coefficient (Wildman–Crippen LogP) is 2.42. The van der Waals surface area contributed by atoms with Crippen molar-refractivity contribution < 1.29 is 9.52 Å². The maximum Gasteiger partial charge on any atom is 0.135 e. The maximum atomic E-state index is 9.90. The Labute approximate surface area is 72.2 Å². The largest absolute Gasteiger partial charge is 0.466 e. The van der Waals surface area contributed by atoms with Gasteiger partial charge in [0.15, 0.2) is 0 Å². The minimum atomic E-state index is -0.410. The van der Waals surface area contributed by atoms with Crippen molar-refractivity contribution in [2.75, 3.05) is 0 Å². The molecule has 1 aromatic heterocycles. The normalized spacial score (nSPS) is 22.2. The van der Waals surface area contributed by atoms with Crippen molar-refractivity contribution in [1.29, 1.82) is 0 Å². The van der Waals surface area contributed by atoms with Gasteiger partial charge < -0.3 is 9.52 Å². The van der Waals surface area contributed by atoms with Crippen LogP contribution in [0, 0.1) is 12.3 Å². The molecule has 0 bridgehead atoms. The molecule has 1 atom stereocenters. The van der Waals surface area contributed by atoms with Gasteiger partial charge in [0.05, 0.1) is 6.26 Å². The second-order valence-corrected chi connectivity index (χ2v) is 4.02. The average molecular weight is 166 g/mol. The molecule has 2 nitrogen and oxygen atoms in total. The second kappa shape index (κ2) is 2.36. The van der Waals surface area contributed by atoms with Gasteiger partial charge in [-0.2, -0.15) is 0 Å². The number of aryl methyl sites for hydroxylation is 1. The van der Waals surface area contributed by atoms with E-state index in [0.717, 1.165) is 24.2 Å². The Morgan fingerprint density at radius 3 is 2.67 bits per heavy atom. The molecular formula is C10H14O2. The smallest absolute Gasteiger partial charge is 0.135 e. The summed E-state index contributed by atoms with van der Waals surface area (Å²) in [5.41, 5.74) is 1.14. The topological polar surface area (TPSA) is 33.4 Å². The standard InChI is InChI=1S/C10H14O2/c1-7-3-6-12-8(7)9(11)10(2)4-5-10/h3,6,9,11H,4-5H2,1-2H3.